The van der Waals surface area contributed by atoms with Crippen LogP contribution in [-0.2, 0) is 9.53 Å². The van der Waals surface area contributed by atoms with Crippen molar-refractivity contribution in [2.45, 2.75) is 6.04 Å². The third-order valence-corrected chi connectivity index (χ3v) is 1.53. The fourth-order valence-electron chi connectivity index (χ4n) is 0.880. The number of carbonyl (C=O) groups is 1. The van der Waals surface area contributed by atoms with Crippen LogP contribution in [0, 0.1) is 0 Å². The number of aliphatic hydroxyl groups is 1. The topological polar surface area (TPSA) is 64.3 Å². The first kappa shape index (κ1) is 8.73. The van der Waals surface area contributed by atoms with Gasteiger partial charge in [0, 0.05) is 12.4 Å². The molecule has 0 aliphatic rings. The Morgan fingerprint density at radius 1 is 1.83 bits per heavy atom. The van der Waals surface area contributed by atoms with Gasteiger partial charge in [-0.1, -0.05) is 0 Å². The number of hydrogen-bond donors (Lipinski definition) is 1. The molecule has 1 rings (SSSR count). The maximum absolute atomic E-state index is 11.0. The van der Waals surface area contributed by atoms with Crippen LogP contribution in [-0.4, -0.2) is 34.3 Å². The van der Waals surface area contributed by atoms with Crippen molar-refractivity contribution >= 4 is 5.97 Å². The minimum absolute atomic E-state index is 0.289. The summed E-state index contributed by atoms with van der Waals surface area (Å²) in [6, 6.07) is -0.683. The molecule has 5 nitrogen and oxygen atoms in total. The Labute approximate surface area is 69.6 Å². The molecule has 1 heterocycles. The Bertz CT molecular complexity index is 245. The summed E-state index contributed by atoms with van der Waals surface area (Å²) in [5.41, 5.74) is 0. The van der Waals surface area contributed by atoms with Crippen molar-refractivity contribution in [3.63, 3.8) is 0 Å². The van der Waals surface area contributed by atoms with Gasteiger partial charge >= 0.3 is 5.97 Å². The lowest BCUT2D eigenvalue weighted by atomic mass is 10.3. The van der Waals surface area contributed by atoms with Crippen molar-refractivity contribution in [2.75, 3.05) is 13.7 Å². The lowest BCUT2D eigenvalue weighted by molar-refractivity contribution is -0.145. The Morgan fingerprint density at radius 3 is 3.00 bits per heavy atom. The van der Waals surface area contributed by atoms with Gasteiger partial charge in [0.25, 0.3) is 0 Å². The second-order valence-electron chi connectivity index (χ2n) is 2.23. The highest BCUT2D eigenvalue weighted by molar-refractivity contribution is 5.74. The number of aliphatic hydroxyl groups excluding tert-OH is 1. The summed E-state index contributed by atoms with van der Waals surface area (Å²) in [6.07, 6.45) is 4.58. The quantitative estimate of drug-likeness (QED) is 0.626. The highest BCUT2D eigenvalue weighted by atomic mass is 16.5. The molecule has 0 aliphatic carbocycles. The maximum atomic E-state index is 11.0. The lowest BCUT2D eigenvalue weighted by Crippen LogP contribution is -2.23. The monoisotopic (exact) mass is 170 g/mol. The number of aromatic nitrogens is 2. The molecule has 66 valence electrons. The summed E-state index contributed by atoms with van der Waals surface area (Å²) in [4.78, 5) is 14.8. The third kappa shape index (κ3) is 1.62. The Hall–Kier alpha value is -1.36. The summed E-state index contributed by atoms with van der Waals surface area (Å²) in [6.45, 7) is -0.289. The number of imidazole rings is 1. The first-order valence-electron chi connectivity index (χ1n) is 3.45. The highest BCUT2D eigenvalue weighted by Crippen LogP contribution is 2.05. The standard InChI is InChI=1S/C7H10N2O3/c1-12-7(11)6(4-10)9-3-2-8-5-9/h2-3,5-6,10H,4H2,1H3. The zero-order valence-electron chi connectivity index (χ0n) is 6.67. The summed E-state index contributed by atoms with van der Waals surface area (Å²) >= 11 is 0. The van der Waals surface area contributed by atoms with E-state index in [9.17, 15) is 4.79 Å². The van der Waals surface area contributed by atoms with Crippen LogP contribution in [0.25, 0.3) is 0 Å². The first-order chi connectivity index (χ1) is 5.79. The minimum atomic E-state index is -0.683. The molecule has 0 aromatic carbocycles. The van der Waals surface area contributed by atoms with Crippen molar-refractivity contribution in [1.29, 1.82) is 0 Å². The van der Waals surface area contributed by atoms with Crippen LogP contribution in [0.2, 0.25) is 0 Å². The number of rotatable bonds is 3. The molecule has 0 saturated heterocycles. The zero-order valence-corrected chi connectivity index (χ0v) is 6.67. The minimum Gasteiger partial charge on any atom is -0.467 e. The predicted octanol–water partition coefficient (Wildman–Crippen LogP) is -0.411. The van der Waals surface area contributed by atoms with Crippen molar-refractivity contribution in [3.05, 3.63) is 18.7 Å². The van der Waals surface area contributed by atoms with E-state index in [1.807, 2.05) is 0 Å². The summed E-state index contributed by atoms with van der Waals surface area (Å²) in [5, 5.41) is 8.85. The highest BCUT2D eigenvalue weighted by Gasteiger charge is 2.18. The van der Waals surface area contributed by atoms with Gasteiger partial charge in [0.15, 0.2) is 6.04 Å². The number of ether oxygens (including phenoxy) is 1. The van der Waals surface area contributed by atoms with Gasteiger partial charge in [0.05, 0.1) is 20.0 Å². The van der Waals surface area contributed by atoms with Gasteiger partial charge in [-0.3, -0.25) is 0 Å². The van der Waals surface area contributed by atoms with Crippen LogP contribution in [0.15, 0.2) is 18.7 Å². The van der Waals surface area contributed by atoms with Gasteiger partial charge in [0.2, 0.25) is 0 Å². The number of carbonyl (C=O) groups excluding carboxylic acids is 1. The van der Waals surface area contributed by atoms with E-state index in [1.165, 1.54) is 24.2 Å². The molecule has 1 unspecified atom stereocenters. The van der Waals surface area contributed by atoms with Crippen LogP contribution in [0.5, 0.6) is 0 Å². The fourth-order valence-corrected chi connectivity index (χ4v) is 0.880. The number of esters is 1. The smallest absolute Gasteiger partial charge is 0.331 e. The third-order valence-electron chi connectivity index (χ3n) is 1.53. The summed E-state index contributed by atoms with van der Waals surface area (Å²) in [7, 11) is 1.28. The number of nitrogens with zero attached hydrogens (tertiary/aromatic N) is 2. The van der Waals surface area contributed by atoms with E-state index in [0.29, 0.717) is 0 Å². The van der Waals surface area contributed by atoms with Crippen molar-refractivity contribution in [2.24, 2.45) is 0 Å². The molecule has 0 fully saturated rings. The summed E-state index contributed by atoms with van der Waals surface area (Å²) in [5.74, 6) is -0.476. The molecule has 0 saturated carbocycles. The number of hydrogen-bond acceptors (Lipinski definition) is 4. The molecule has 1 atom stereocenters. The molecule has 1 aromatic heterocycles. The van der Waals surface area contributed by atoms with Crippen molar-refractivity contribution in [3.8, 4) is 0 Å². The van der Waals surface area contributed by atoms with Gasteiger partial charge in [-0.2, -0.15) is 0 Å². The largest absolute Gasteiger partial charge is 0.467 e. The maximum Gasteiger partial charge on any atom is 0.331 e. The fraction of sp³-hybridized carbons (Fsp3) is 0.429. The van der Waals surface area contributed by atoms with Gasteiger partial charge in [-0.15, -0.1) is 0 Å². The average Bonchev–Trinajstić information content (AvgIpc) is 2.58. The molecule has 1 N–H and O–H groups in total. The SMILES string of the molecule is COC(=O)C(CO)n1ccnc1. The van der Waals surface area contributed by atoms with E-state index < -0.39 is 12.0 Å². The Morgan fingerprint density at radius 2 is 2.58 bits per heavy atom. The van der Waals surface area contributed by atoms with Crippen LogP contribution in [0.4, 0.5) is 0 Å². The van der Waals surface area contributed by atoms with Gasteiger partial charge in [-0.25, -0.2) is 9.78 Å². The molecule has 0 amide bonds. The van der Waals surface area contributed by atoms with Crippen LogP contribution in [0.3, 0.4) is 0 Å². The predicted molar refractivity (Wildman–Crippen MR) is 40.4 cm³/mol. The van der Waals surface area contributed by atoms with Crippen LogP contribution in [0.1, 0.15) is 6.04 Å². The molecular formula is C7H10N2O3. The van der Waals surface area contributed by atoms with Gasteiger partial charge < -0.3 is 14.4 Å². The Kier molecular flexibility index (Phi) is 2.82. The van der Waals surface area contributed by atoms with E-state index in [2.05, 4.69) is 9.72 Å². The lowest BCUT2D eigenvalue weighted by Gasteiger charge is -2.11. The van der Waals surface area contributed by atoms with E-state index >= 15 is 0 Å². The Balaban J connectivity index is 2.76. The molecule has 5 heteroatoms. The van der Waals surface area contributed by atoms with Gasteiger partial charge in [0.1, 0.15) is 0 Å². The van der Waals surface area contributed by atoms with Crippen molar-refractivity contribution in [1.82, 2.24) is 9.55 Å². The van der Waals surface area contributed by atoms with Crippen molar-refractivity contribution < 1.29 is 14.6 Å². The molecular weight excluding hydrogens is 160 g/mol. The number of methoxy groups -OCH3 is 1. The molecule has 0 aliphatic heterocycles. The first-order valence-corrected chi connectivity index (χ1v) is 3.45. The molecule has 12 heavy (non-hydrogen) atoms. The zero-order chi connectivity index (χ0) is 8.97. The molecule has 1 aromatic rings. The van der Waals surface area contributed by atoms with E-state index in [1.54, 1.807) is 6.20 Å². The van der Waals surface area contributed by atoms with Gasteiger partial charge in [-0.05, 0) is 0 Å². The molecule has 0 radical (unpaired) electrons. The second-order valence-corrected chi connectivity index (χ2v) is 2.23. The summed E-state index contributed by atoms with van der Waals surface area (Å²) < 4.78 is 5.97. The van der Waals surface area contributed by atoms with E-state index in [0.717, 1.165) is 0 Å². The molecule has 0 spiro atoms. The van der Waals surface area contributed by atoms with E-state index in [4.69, 9.17) is 5.11 Å². The van der Waals surface area contributed by atoms with Crippen LogP contribution < -0.4 is 0 Å². The van der Waals surface area contributed by atoms with E-state index in [-0.39, 0.29) is 6.61 Å². The second kappa shape index (κ2) is 3.87. The molecule has 0 bridgehead atoms. The van der Waals surface area contributed by atoms with Crippen LogP contribution >= 0.6 is 0 Å². The normalized spacial score (nSPS) is 12.5. The average molecular weight is 170 g/mol.